The molecule has 1 atom stereocenters. The summed E-state index contributed by atoms with van der Waals surface area (Å²) in [7, 11) is 2.00. The van der Waals surface area contributed by atoms with Crippen molar-refractivity contribution in [2.45, 2.75) is 12.5 Å². The van der Waals surface area contributed by atoms with Gasteiger partial charge in [-0.1, -0.05) is 0 Å². The fraction of sp³-hybridized carbons (Fsp3) is 0.556. The average Bonchev–Trinajstić information content (AvgIpc) is 2.63. The van der Waals surface area contributed by atoms with E-state index < -0.39 is 4.92 Å². The molecule has 17 heavy (non-hydrogen) atoms. The second kappa shape index (κ2) is 4.80. The summed E-state index contributed by atoms with van der Waals surface area (Å²) in [5, 5.41) is 13.9. The highest BCUT2D eigenvalue weighted by Crippen LogP contribution is 2.24. The first-order valence-corrected chi connectivity index (χ1v) is 5.56. The molecule has 92 valence electrons. The number of nitrogens with one attached hydrogen (secondary N) is 1. The molecule has 1 fully saturated rings. The van der Waals surface area contributed by atoms with Crippen LogP contribution in [0.25, 0.3) is 0 Å². The van der Waals surface area contributed by atoms with Gasteiger partial charge in [-0.15, -0.1) is 0 Å². The molecule has 0 radical (unpaired) electrons. The Kier molecular flexibility index (Phi) is 3.39. The van der Waals surface area contributed by atoms with Crippen molar-refractivity contribution in [3.63, 3.8) is 0 Å². The number of nitrogens with zero attached hydrogens (tertiary/aromatic N) is 4. The Labute approximate surface area is 103 Å². The van der Waals surface area contributed by atoms with E-state index in [1.54, 1.807) is 0 Å². The van der Waals surface area contributed by atoms with Gasteiger partial charge in [-0.05, 0) is 31.6 Å². The summed E-state index contributed by atoms with van der Waals surface area (Å²) in [5.74, 6) is 0.190. The van der Waals surface area contributed by atoms with Gasteiger partial charge in [-0.3, -0.25) is 10.1 Å². The molecule has 0 aromatic carbocycles. The van der Waals surface area contributed by atoms with Crippen LogP contribution in [0.15, 0.2) is 6.20 Å². The van der Waals surface area contributed by atoms with E-state index in [2.05, 4.69) is 20.2 Å². The Hall–Kier alpha value is -1.47. The van der Waals surface area contributed by atoms with Gasteiger partial charge in [0.25, 0.3) is 0 Å². The van der Waals surface area contributed by atoms with Crippen LogP contribution in [-0.4, -0.2) is 46.0 Å². The molecule has 0 saturated carbocycles. The standard InChI is InChI=1S/C9H12ClN5O2/c1-14-3-2-6(5-14)12-8-7(15(16)17)4-11-9(10)13-8/h4,6H,2-3,5H2,1H3,(H,11,12,13). The summed E-state index contributed by atoms with van der Waals surface area (Å²) in [6.07, 6.45) is 2.05. The minimum Gasteiger partial charge on any atom is -0.360 e. The summed E-state index contributed by atoms with van der Waals surface area (Å²) in [6, 6.07) is 0.157. The van der Waals surface area contributed by atoms with Crippen LogP contribution in [0, 0.1) is 10.1 Å². The Morgan fingerprint density at radius 2 is 2.47 bits per heavy atom. The van der Waals surface area contributed by atoms with Crippen molar-refractivity contribution < 1.29 is 4.92 Å². The van der Waals surface area contributed by atoms with E-state index in [0.29, 0.717) is 0 Å². The first-order chi connectivity index (χ1) is 8.06. The molecular formula is C9H12ClN5O2. The van der Waals surface area contributed by atoms with Gasteiger partial charge in [0.15, 0.2) is 0 Å². The van der Waals surface area contributed by atoms with E-state index in [-0.39, 0.29) is 22.8 Å². The fourth-order valence-corrected chi connectivity index (χ4v) is 1.97. The number of likely N-dealkylation sites (N-methyl/N-ethyl adjacent to an activating group) is 1. The minimum atomic E-state index is -0.517. The van der Waals surface area contributed by atoms with Gasteiger partial charge >= 0.3 is 5.69 Å². The molecule has 1 aromatic heterocycles. The van der Waals surface area contributed by atoms with Crippen molar-refractivity contribution >= 4 is 23.1 Å². The molecule has 1 saturated heterocycles. The summed E-state index contributed by atoms with van der Waals surface area (Å²) in [5.41, 5.74) is -0.149. The number of likely N-dealkylation sites (tertiary alicyclic amines) is 1. The van der Waals surface area contributed by atoms with Crippen LogP contribution in [-0.2, 0) is 0 Å². The third-order valence-corrected chi connectivity index (χ3v) is 2.85. The SMILES string of the molecule is CN1CCC(Nc2nc(Cl)ncc2[N+](=O)[O-])C1. The van der Waals surface area contributed by atoms with Crippen LogP contribution in [0.5, 0.6) is 0 Å². The predicted molar refractivity (Wildman–Crippen MR) is 63.2 cm³/mol. The first kappa shape index (κ1) is 12.0. The van der Waals surface area contributed by atoms with Crippen molar-refractivity contribution in [1.29, 1.82) is 0 Å². The van der Waals surface area contributed by atoms with Crippen LogP contribution in [0.1, 0.15) is 6.42 Å². The highest BCUT2D eigenvalue weighted by molar-refractivity contribution is 6.28. The van der Waals surface area contributed by atoms with E-state index in [0.717, 1.165) is 25.7 Å². The molecule has 7 nitrogen and oxygen atoms in total. The van der Waals surface area contributed by atoms with Crippen LogP contribution in [0.4, 0.5) is 11.5 Å². The Bertz CT molecular complexity index is 441. The lowest BCUT2D eigenvalue weighted by Gasteiger charge is -2.13. The monoisotopic (exact) mass is 257 g/mol. The summed E-state index contributed by atoms with van der Waals surface area (Å²) in [6.45, 7) is 1.79. The number of nitro groups is 1. The zero-order valence-electron chi connectivity index (χ0n) is 9.26. The molecular weight excluding hydrogens is 246 g/mol. The molecule has 0 spiro atoms. The second-order valence-electron chi connectivity index (χ2n) is 4.02. The summed E-state index contributed by atoms with van der Waals surface area (Å²) in [4.78, 5) is 19.9. The van der Waals surface area contributed by atoms with Crippen LogP contribution in [0.3, 0.4) is 0 Å². The zero-order valence-corrected chi connectivity index (χ0v) is 10.0. The van der Waals surface area contributed by atoms with Crippen LogP contribution in [0.2, 0.25) is 5.28 Å². The van der Waals surface area contributed by atoms with E-state index >= 15 is 0 Å². The lowest BCUT2D eigenvalue weighted by atomic mass is 10.2. The maximum absolute atomic E-state index is 10.8. The van der Waals surface area contributed by atoms with Crippen molar-refractivity contribution in [2.75, 3.05) is 25.5 Å². The number of halogens is 1. The molecule has 1 aliphatic rings. The van der Waals surface area contributed by atoms with Gasteiger partial charge in [0.05, 0.1) is 4.92 Å². The lowest BCUT2D eigenvalue weighted by Crippen LogP contribution is -2.24. The van der Waals surface area contributed by atoms with Gasteiger partial charge < -0.3 is 10.2 Å². The molecule has 2 heterocycles. The average molecular weight is 258 g/mol. The maximum Gasteiger partial charge on any atom is 0.329 e. The summed E-state index contributed by atoms with van der Waals surface area (Å²) >= 11 is 5.64. The van der Waals surface area contributed by atoms with Gasteiger partial charge in [0.1, 0.15) is 6.20 Å². The highest BCUT2D eigenvalue weighted by atomic mass is 35.5. The Morgan fingerprint density at radius 1 is 1.71 bits per heavy atom. The molecule has 1 aromatic rings. The van der Waals surface area contributed by atoms with Crippen molar-refractivity contribution in [1.82, 2.24) is 14.9 Å². The van der Waals surface area contributed by atoms with E-state index in [4.69, 9.17) is 11.6 Å². The number of aromatic nitrogens is 2. The lowest BCUT2D eigenvalue weighted by molar-refractivity contribution is -0.384. The molecule has 0 aliphatic carbocycles. The van der Waals surface area contributed by atoms with Gasteiger partial charge in [0, 0.05) is 12.6 Å². The molecule has 8 heteroatoms. The maximum atomic E-state index is 10.8. The third-order valence-electron chi connectivity index (χ3n) is 2.67. The topological polar surface area (TPSA) is 84.2 Å². The molecule has 1 aliphatic heterocycles. The molecule has 1 N–H and O–H groups in total. The van der Waals surface area contributed by atoms with E-state index in [1.165, 1.54) is 0 Å². The largest absolute Gasteiger partial charge is 0.360 e. The van der Waals surface area contributed by atoms with Crippen LogP contribution < -0.4 is 5.32 Å². The van der Waals surface area contributed by atoms with Crippen LogP contribution >= 0.6 is 11.6 Å². The normalized spacial score (nSPS) is 20.5. The number of rotatable bonds is 3. The zero-order chi connectivity index (χ0) is 12.4. The predicted octanol–water partition coefficient (Wildman–Crippen LogP) is 1.15. The fourth-order valence-electron chi connectivity index (χ4n) is 1.84. The summed E-state index contributed by atoms with van der Waals surface area (Å²) < 4.78 is 0. The van der Waals surface area contributed by atoms with Crippen molar-refractivity contribution in [2.24, 2.45) is 0 Å². The van der Waals surface area contributed by atoms with E-state index in [9.17, 15) is 10.1 Å². The quantitative estimate of drug-likeness (QED) is 0.497. The van der Waals surface area contributed by atoms with Gasteiger partial charge in [-0.2, -0.15) is 4.98 Å². The van der Waals surface area contributed by atoms with Gasteiger partial charge in [-0.25, -0.2) is 4.98 Å². The Balaban J connectivity index is 2.19. The molecule has 1 unspecified atom stereocenters. The molecule has 0 bridgehead atoms. The smallest absolute Gasteiger partial charge is 0.329 e. The number of anilines is 1. The third kappa shape index (κ3) is 2.80. The van der Waals surface area contributed by atoms with Crippen molar-refractivity contribution in [3.8, 4) is 0 Å². The first-order valence-electron chi connectivity index (χ1n) is 5.18. The number of hydrogen-bond donors (Lipinski definition) is 1. The van der Waals surface area contributed by atoms with Gasteiger partial charge in [0.2, 0.25) is 11.1 Å². The van der Waals surface area contributed by atoms with Crippen molar-refractivity contribution in [3.05, 3.63) is 21.6 Å². The highest BCUT2D eigenvalue weighted by Gasteiger charge is 2.24. The second-order valence-corrected chi connectivity index (χ2v) is 4.36. The number of hydrogen-bond acceptors (Lipinski definition) is 6. The van der Waals surface area contributed by atoms with E-state index in [1.807, 2.05) is 7.05 Å². The Morgan fingerprint density at radius 3 is 3.06 bits per heavy atom. The molecule has 2 rings (SSSR count). The minimum absolute atomic E-state index is 0.00412. The molecule has 0 amide bonds.